The number of hydrogen-bond acceptors (Lipinski definition) is 5. The van der Waals surface area contributed by atoms with E-state index in [0.29, 0.717) is 34.7 Å². The summed E-state index contributed by atoms with van der Waals surface area (Å²) in [7, 11) is 1.56. The summed E-state index contributed by atoms with van der Waals surface area (Å²) in [6.45, 7) is 0.848. The monoisotopic (exact) mass is 340 g/mol. The van der Waals surface area contributed by atoms with Crippen LogP contribution in [0.3, 0.4) is 0 Å². The molecule has 22 heavy (non-hydrogen) atoms. The van der Waals surface area contributed by atoms with Gasteiger partial charge in [0, 0.05) is 18.7 Å². The molecule has 0 saturated heterocycles. The number of aromatic nitrogens is 2. The molecule has 8 heteroatoms. The van der Waals surface area contributed by atoms with Crippen LogP contribution < -0.4 is 10.6 Å². The summed E-state index contributed by atoms with van der Waals surface area (Å²) < 4.78 is 4.85. The maximum Gasteiger partial charge on any atom is 0.271 e. The van der Waals surface area contributed by atoms with Gasteiger partial charge < -0.3 is 15.4 Å². The Bertz CT molecular complexity index is 650. The molecule has 0 aliphatic carbocycles. The molecule has 0 aliphatic heterocycles. The SMILES string of the molecule is COCCNC(=O)c1ccc(Nc2cc(Cl)ccc2Cl)nn1. The predicted molar refractivity (Wildman–Crippen MR) is 86.0 cm³/mol. The molecule has 116 valence electrons. The minimum atomic E-state index is -0.308. The van der Waals surface area contributed by atoms with E-state index < -0.39 is 0 Å². The topological polar surface area (TPSA) is 76.1 Å². The van der Waals surface area contributed by atoms with Crippen LogP contribution in [0.2, 0.25) is 10.0 Å². The van der Waals surface area contributed by atoms with E-state index >= 15 is 0 Å². The molecule has 0 fully saturated rings. The van der Waals surface area contributed by atoms with Gasteiger partial charge in [-0.25, -0.2) is 0 Å². The number of nitrogens with one attached hydrogen (secondary N) is 2. The van der Waals surface area contributed by atoms with Crippen molar-refractivity contribution in [1.29, 1.82) is 0 Å². The Hall–Kier alpha value is -1.89. The molecule has 0 atom stereocenters. The number of methoxy groups -OCH3 is 1. The molecule has 2 N–H and O–H groups in total. The van der Waals surface area contributed by atoms with Crippen molar-refractivity contribution in [3.05, 3.63) is 46.1 Å². The standard InChI is InChI=1S/C14H14Cl2N4O2/c1-22-7-6-17-14(21)11-4-5-13(20-19-11)18-12-8-9(15)2-3-10(12)16/h2-5,8H,6-7H2,1H3,(H,17,21)(H,18,20). The van der Waals surface area contributed by atoms with E-state index in [1.807, 2.05) is 0 Å². The first kappa shape index (κ1) is 16.5. The third-order valence-corrected chi connectivity index (χ3v) is 3.24. The molecule has 1 amide bonds. The number of carbonyl (C=O) groups excluding carboxylic acids is 1. The average molecular weight is 341 g/mol. The molecule has 2 aromatic rings. The Morgan fingerprint density at radius 1 is 1.23 bits per heavy atom. The zero-order valence-electron chi connectivity index (χ0n) is 11.8. The largest absolute Gasteiger partial charge is 0.383 e. The molecule has 2 rings (SSSR count). The molecule has 0 radical (unpaired) electrons. The molecule has 0 spiro atoms. The Kier molecular flexibility index (Phi) is 5.94. The fourth-order valence-corrected chi connectivity index (χ4v) is 1.95. The van der Waals surface area contributed by atoms with Gasteiger partial charge in [0.05, 0.1) is 17.3 Å². The smallest absolute Gasteiger partial charge is 0.271 e. The Morgan fingerprint density at radius 3 is 2.73 bits per heavy atom. The summed E-state index contributed by atoms with van der Waals surface area (Å²) >= 11 is 12.0. The minimum Gasteiger partial charge on any atom is -0.383 e. The second kappa shape index (κ2) is 7.93. The molecule has 0 bridgehead atoms. The number of benzene rings is 1. The summed E-state index contributed by atoms with van der Waals surface area (Å²) in [5.41, 5.74) is 0.833. The minimum absolute atomic E-state index is 0.221. The van der Waals surface area contributed by atoms with Crippen molar-refractivity contribution in [2.24, 2.45) is 0 Å². The van der Waals surface area contributed by atoms with E-state index in [-0.39, 0.29) is 11.6 Å². The van der Waals surface area contributed by atoms with Gasteiger partial charge in [-0.3, -0.25) is 4.79 Å². The first-order valence-electron chi connectivity index (χ1n) is 6.43. The number of anilines is 2. The first-order chi connectivity index (χ1) is 10.6. The van der Waals surface area contributed by atoms with Crippen LogP contribution in [0, 0.1) is 0 Å². The lowest BCUT2D eigenvalue weighted by atomic mass is 10.3. The van der Waals surface area contributed by atoms with Gasteiger partial charge in [0.25, 0.3) is 5.91 Å². The highest BCUT2D eigenvalue weighted by Crippen LogP contribution is 2.27. The van der Waals surface area contributed by atoms with Gasteiger partial charge in [0.15, 0.2) is 11.5 Å². The Morgan fingerprint density at radius 2 is 2.05 bits per heavy atom. The summed E-state index contributed by atoms with van der Waals surface area (Å²) in [5, 5.41) is 14.5. The number of amides is 1. The maximum absolute atomic E-state index is 11.8. The summed E-state index contributed by atoms with van der Waals surface area (Å²) in [6, 6.07) is 8.24. The summed E-state index contributed by atoms with van der Waals surface area (Å²) in [5.74, 6) is 0.148. The predicted octanol–water partition coefficient (Wildman–Crippen LogP) is 2.90. The molecule has 6 nitrogen and oxygen atoms in total. The number of carbonyl (C=O) groups is 1. The molecular formula is C14H14Cl2N4O2. The van der Waals surface area contributed by atoms with Crippen molar-refractivity contribution >= 4 is 40.6 Å². The highest BCUT2D eigenvalue weighted by Gasteiger charge is 2.08. The van der Waals surface area contributed by atoms with Gasteiger partial charge in [0.2, 0.25) is 0 Å². The van der Waals surface area contributed by atoms with Crippen molar-refractivity contribution < 1.29 is 9.53 Å². The number of halogens is 2. The van der Waals surface area contributed by atoms with Crippen molar-refractivity contribution in [1.82, 2.24) is 15.5 Å². The highest BCUT2D eigenvalue weighted by atomic mass is 35.5. The average Bonchev–Trinajstić information content (AvgIpc) is 2.52. The molecule has 0 unspecified atom stereocenters. The van der Waals surface area contributed by atoms with Crippen molar-refractivity contribution in [3.8, 4) is 0 Å². The Balaban J connectivity index is 2.02. The van der Waals surface area contributed by atoms with Crippen molar-refractivity contribution in [2.75, 3.05) is 25.6 Å². The fourth-order valence-electron chi connectivity index (χ4n) is 1.61. The van der Waals surface area contributed by atoms with Crippen LogP contribution in [-0.2, 0) is 4.74 Å². The normalized spacial score (nSPS) is 10.3. The van der Waals surface area contributed by atoms with Gasteiger partial charge in [-0.15, -0.1) is 10.2 Å². The lowest BCUT2D eigenvalue weighted by molar-refractivity contribution is 0.0931. The van der Waals surface area contributed by atoms with Crippen molar-refractivity contribution in [2.45, 2.75) is 0 Å². The third kappa shape index (κ3) is 4.56. The van der Waals surface area contributed by atoms with Crippen LogP contribution in [-0.4, -0.2) is 36.4 Å². The molecule has 1 aromatic heterocycles. The van der Waals surface area contributed by atoms with Gasteiger partial charge in [-0.05, 0) is 30.3 Å². The molecule has 0 saturated carbocycles. The zero-order valence-corrected chi connectivity index (χ0v) is 13.3. The molecule has 0 aliphatic rings. The lowest BCUT2D eigenvalue weighted by Gasteiger charge is -2.08. The fraction of sp³-hybridized carbons (Fsp3) is 0.214. The van der Waals surface area contributed by atoms with Crippen LogP contribution in [0.5, 0.6) is 0 Å². The van der Waals surface area contributed by atoms with E-state index in [9.17, 15) is 4.79 Å². The van der Waals surface area contributed by atoms with Gasteiger partial charge in [-0.2, -0.15) is 0 Å². The van der Waals surface area contributed by atoms with Gasteiger partial charge in [0.1, 0.15) is 0 Å². The molecule has 1 aromatic carbocycles. The number of rotatable bonds is 6. The lowest BCUT2D eigenvalue weighted by Crippen LogP contribution is -2.27. The zero-order chi connectivity index (χ0) is 15.9. The second-order valence-corrected chi connectivity index (χ2v) is 5.15. The highest BCUT2D eigenvalue weighted by molar-refractivity contribution is 6.35. The van der Waals surface area contributed by atoms with E-state index in [1.54, 1.807) is 37.4 Å². The number of nitrogens with zero attached hydrogens (tertiary/aromatic N) is 2. The first-order valence-corrected chi connectivity index (χ1v) is 7.18. The Labute approximate surface area is 137 Å². The van der Waals surface area contributed by atoms with Crippen LogP contribution in [0.15, 0.2) is 30.3 Å². The van der Waals surface area contributed by atoms with E-state index in [4.69, 9.17) is 27.9 Å². The second-order valence-electron chi connectivity index (χ2n) is 4.30. The number of hydrogen-bond donors (Lipinski definition) is 2. The third-order valence-electron chi connectivity index (χ3n) is 2.68. The molecular weight excluding hydrogens is 327 g/mol. The van der Waals surface area contributed by atoms with E-state index in [2.05, 4.69) is 20.8 Å². The summed E-state index contributed by atoms with van der Waals surface area (Å²) in [6.07, 6.45) is 0. The van der Waals surface area contributed by atoms with Crippen molar-refractivity contribution in [3.63, 3.8) is 0 Å². The number of ether oxygens (including phenoxy) is 1. The van der Waals surface area contributed by atoms with Gasteiger partial charge >= 0.3 is 0 Å². The summed E-state index contributed by atoms with van der Waals surface area (Å²) in [4.78, 5) is 11.8. The molecule has 1 heterocycles. The van der Waals surface area contributed by atoms with Crippen LogP contribution >= 0.6 is 23.2 Å². The van der Waals surface area contributed by atoms with Gasteiger partial charge in [-0.1, -0.05) is 23.2 Å². The van der Waals surface area contributed by atoms with Crippen LogP contribution in [0.25, 0.3) is 0 Å². The quantitative estimate of drug-likeness (QED) is 0.790. The van der Waals surface area contributed by atoms with E-state index in [1.165, 1.54) is 0 Å². The van der Waals surface area contributed by atoms with Crippen LogP contribution in [0.4, 0.5) is 11.5 Å². The maximum atomic E-state index is 11.8. The van der Waals surface area contributed by atoms with Crippen LogP contribution in [0.1, 0.15) is 10.5 Å². The van der Waals surface area contributed by atoms with E-state index in [0.717, 1.165) is 0 Å².